The lowest BCUT2D eigenvalue weighted by atomic mass is 10.0. The largest absolute Gasteiger partial charge is 0.467 e. The van der Waals surface area contributed by atoms with E-state index >= 15 is 0 Å². The Kier molecular flexibility index (Phi) is 5.61. The van der Waals surface area contributed by atoms with Gasteiger partial charge in [0.15, 0.2) is 0 Å². The number of carbonyl (C=O) groups is 1. The molecule has 1 atom stereocenters. The molecule has 0 radical (unpaired) electrons. The van der Waals surface area contributed by atoms with Crippen molar-refractivity contribution < 1.29 is 9.53 Å². The summed E-state index contributed by atoms with van der Waals surface area (Å²) in [5.74, 6) is -0.509. The highest BCUT2D eigenvalue weighted by molar-refractivity contribution is 5.83. The van der Waals surface area contributed by atoms with E-state index in [9.17, 15) is 14.4 Å². The summed E-state index contributed by atoms with van der Waals surface area (Å²) in [5, 5.41) is 5.82. The van der Waals surface area contributed by atoms with E-state index in [0.29, 0.717) is 13.0 Å². The number of nitrogens with zero attached hydrogens (tertiary/aromatic N) is 1. The van der Waals surface area contributed by atoms with E-state index in [1.807, 2.05) is 36.4 Å². The summed E-state index contributed by atoms with van der Waals surface area (Å²) in [5.41, 5.74) is 0.797. The lowest BCUT2D eigenvalue weighted by Gasteiger charge is -2.21. The van der Waals surface area contributed by atoms with Gasteiger partial charge in [-0.15, -0.1) is 0 Å². The van der Waals surface area contributed by atoms with E-state index in [4.69, 9.17) is 4.74 Å². The number of benzene rings is 1. The van der Waals surface area contributed by atoms with Crippen LogP contribution in [0.15, 0.2) is 64.4 Å². The maximum Gasteiger partial charge on any atom is 0.328 e. The molecule has 3 rings (SSSR count). The van der Waals surface area contributed by atoms with Gasteiger partial charge >= 0.3 is 5.97 Å². The van der Waals surface area contributed by atoms with Crippen molar-refractivity contribution in [2.45, 2.75) is 19.0 Å². The molecule has 138 valence electrons. The molecule has 2 aromatic carbocycles. The molecule has 0 fully saturated rings. The van der Waals surface area contributed by atoms with Gasteiger partial charge in [0.25, 0.3) is 10.9 Å². The third kappa shape index (κ3) is 4.20. The number of nitrogens with one attached hydrogen (secondary N) is 2. The fourth-order valence-corrected chi connectivity index (χ4v) is 2.75. The molecule has 1 heterocycles. The zero-order chi connectivity index (χ0) is 19.2. The van der Waals surface area contributed by atoms with Gasteiger partial charge in [0.05, 0.1) is 7.11 Å². The number of pyridine rings is 1. The molecule has 3 aromatic rings. The van der Waals surface area contributed by atoms with Crippen molar-refractivity contribution in [1.82, 2.24) is 4.98 Å². The average Bonchev–Trinajstić information content (AvgIpc) is 2.72. The Balaban J connectivity index is 1.76. The fraction of sp³-hybridized carbons (Fsp3) is 0.200. The highest BCUT2D eigenvalue weighted by Gasteiger charge is 2.27. The molecule has 0 spiro atoms. The quantitative estimate of drug-likeness (QED) is 0.461. The average molecular weight is 365 g/mol. The Hall–Kier alpha value is -3.48. The van der Waals surface area contributed by atoms with Gasteiger partial charge in [-0.3, -0.25) is 14.6 Å². The minimum atomic E-state index is -0.778. The van der Waals surface area contributed by atoms with Crippen molar-refractivity contribution in [2.75, 3.05) is 17.7 Å². The summed E-state index contributed by atoms with van der Waals surface area (Å²) in [7, 11) is 1.28. The van der Waals surface area contributed by atoms with Crippen LogP contribution in [-0.2, 0) is 22.5 Å². The number of esters is 1. The lowest BCUT2D eigenvalue weighted by Crippen LogP contribution is -2.42. The van der Waals surface area contributed by atoms with Gasteiger partial charge in [-0.1, -0.05) is 36.4 Å². The van der Waals surface area contributed by atoms with Gasteiger partial charge < -0.3 is 15.4 Å². The summed E-state index contributed by atoms with van der Waals surface area (Å²) < 4.78 is 4.83. The second-order valence-corrected chi connectivity index (χ2v) is 6.03. The van der Waals surface area contributed by atoms with Crippen LogP contribution in [0.5, 0.6) is 0 Å². The van der Waals surface area contributed by atoms with E-state index in [1.54, 1.807) is 18.5 Å². The molecule has 0 amide bonds. The van der Waals surface area contributed by atoms with E-state index in [-0.39, 0.29) is 11.4 Å². The number of hydrogen-bond donors (Lipinski definition) is 2. The molecular formula is C20H19N3O4. The minimum absolute atomic E-state index is 0.107. The van der Waals surface area contributed by atoms with Crippen molar-refractivity contribution in [3.8, 4) is 0 Å². The van der Waals surface area contributed by atoms with Crippen LogP contribution in [0.2, 0.25) is 0 Å². The molecular weight excluding hydrogens is 346 g/mol. The van der Waals surface area contributed by atoms with Crippen molar-refractivity contribution in [3.63, 3.8) is 0 Å². The standard InChI is InChI=1S/C20H19N3O4/c1-27-20(26)15(10-13-6-3-2-4-7-13)23-17-16(18(24)19(17)25)22-12-14-8-5-9-21-11-14/h2-9,11,15,22-23H,10,12H2,1H3. The first-order valence-corrected chi connectivity index (χ1v) is 8.44. The summed E-state index contributed by atoms with van der Waals surface area (Å²) in [4.78, 5) is 40.1. The van der Waals surface area contributed by atoms with Crippen molar-refractivity contribution in [1.29, 1.82) is 0 Å². The van der Waals surface area contributed by atoms with Crippen LogP contribution >= 0.6 is 0 Å². The van der Waals surface area contributed by atoms with Gasteiger partial charge in [-0.2, -0.15) is 0 Å². The highest BCUT2D eigenvalue weighted by Crippen LogP contribution is 2.18. The van der Waals surface area contributed by atoms with Crippen LogP contribution in [-0.4, -0.2) is 24.1 Å². The third-order valence-corrected chi connectivity index (χ3v) is 4.19. The molecule has 0 bridgehead atoms. The second kappa shape index (κ2) is 8.27. The predicted octanol–water partition coefficient (Wildman–Crippen LogP) is 1.49. The smallest absolute Gasteiger partial charge is 0.328 e. The van der Waals surface area contributed by atoms with Gasteiger partial charge in [0.1, 0.15) is 17.4 Å². The van der Waals surface area contributed by atoms with Gasteiger partial charge in [-0.05, 0) is 17.2 Å². The molecule has 0 aliphatic carbocycles. The summed E-state index contributed by atoms with van der Waals surface area (Å²) in [6, 6.07) is 12.2. The molecule has 0 aliphatic rings. The van der Waals surface area contributed by atoms with Crippen molar-refractivity contribution in [3.05, 3.63) is 86.4 Å². The van der Waals surface area contributed by atoms with Gasteiger partial charge in [-0.25, -0.2) is 4.79 Å². The van der Waals surface area contributed by atoms with Crippen LogP contribution in [0.25, 0.3) is 0 Å². The lowest BCUT2D eigenvalue weighted by molar-refractivity contribution is -0.141. The molecule has 2 N–H and O–H groups in total. The first kappa shape index (κ1) is 18.3. The molecule has 0 saturated carbocycles. The van der Waals surface area contributed by atoms with E-state index in [0.717, 1.165) is 11.1 Å². The Morgan fingerprint density at radius 1 is 1.04 bits per heavy atom. The predicted molar refractivity (Wildman–Crippen MR) is 102 cm³/mol. The molecule has 7 nitrogen and oxygen atoms in total. The molecule has 1 unspecified atom stereocenters. The minimum Gasteiger partial charge on any atom is -0.467 e. The summed E-state index contributed by atoms with van der Waals surface area (Å²) in [6.45, 7) is 0.342. The van der Waals surface area contributed by atoms with Crippen LogP contribution in [0.1, 0.15) is 11.1 Å². The molecule has 27 heavy (non-hydrogen) atoms. The summed E-state index contributed by atoms with van der Waals surface area (Å²) in [6.07, 6.45) is 3.64. The van der Waals surface area contributed by atoms with E-state index in [1.165, 1.54) is 7.11 Å². The number of hydrogen-bond acceptors (Lipinski definition) is 7. The Labute approximate surface area is 155 Å². The van der Waals surface area contributed by atoms with Crippen molar-refractivity contribution in [2.24, 2.45) is 0 Å². The Bertz CT molecular complexity index is 980. The van der Waals surface area contributed by atoms with Crippen LogP contribution < -0.4 is 21.5 Å². The number of rotatable bonds is 8. The fourth-order valence-electron chi connectivity index (χ4n) is 2.75. The maximum absolute atomic E-state index is 12.1. The molecule has 7 heteroatoms. The molecule has 1 aromatic heterocycles. The number of ether oxygens (including phenoxy) is 1. The normalized spacial score (nSPS) is 11.7. The number of methoxy groups -OCH3 is 1. The SMILES string of the molecule is COC(=O)C(Cc1ccccc1)Nc1c(NCc2cccnc2)c(=O)c1=O. The molecule has 0 aliphatic heterocycles. The Morgan fingerprint density at radius 3 is 2.41 bits per heavy atom. The van der Waals surface area contributed by atoms with Gasteiger partial charge in [0.2, 0.25) is 0 Å². The van der Waals surface area contributed by atoms with Crippen LogP contribution in [0.4, 0.5) is 11.4 Å². The van der Waals surface area contributed by atoms with E-state index < -0.39 is 22.9 Å². The third-order valence-electron chi connectivity index (χ3n) is 4.19. The van der Waals surface area contributed by atoms with Crippen LogP contribution in [0, 0.1) is 0 Å². The molecule has 0 saturated heterocycles. The van der Waals surface area contributed by atoms with Gasteiger partial charge in [0, 0.05) is 25.4 Å². The van der Waals surface area contributed by atoms with Crippen molar-refractivity contribution >= 4 is 17.3 Å². The zero-order valence-electron chi connectivity index (χ0n) is 14.8. The van der Waals surface area contributed by atoms with Crippen LogP contribution in [0.3, 0.4) is 0 Å². The monoisotopic (exact) mass is 365 g/mol. The topological polar surface area (TPSA) is 97.4 Å². The number of aromatic nitrogens is 1. The summed E-state index contributed by atoms with van der Waals surface area (Å²) >= 11 is 0. The number of carbonyl (C=O) groups excluding carboxylic acids is 1. The first-order chi connectivity index (χ1) is 13.1. The first-order valence-electron chi connectivity index (χ1n) is 8.44. The Morgan fingerprint density at radius 2 is 1.74 bits per heavy atom. The highest BCUT2D eigenvalue weighted by atomic mass is 16.5. The van der Waals surface area contributed by atoms with E-state index in [2.05, 4.69) is 15.6 Å². The zero-order valence-corrected chi connectivity index (χ0v) is 14.8. The second-order valence-electron chi connectivity index (χ2n) is 6.03. The maximum atomic E-state index is 12.1. The number of anilines is 2.